The fourth-order valence-electron chi connectivity index (χ4n) is 5.46. The van der Waals surface area contributed by atoms with Gasteiger partial charge >= 0.3 is 0 Å². The van der Waals surface area contributed by atoms with E-state index in [0.717, 1.165) is 12.0 Å². The molecule has 0 bridgehead atoms. The number of carbonyl (C=O) groups is 1. The third-order valence-electron chi connectivity index (χ3n) is 7.66. The summed E-state index contributed by atoms with van der Waals surface area (Å²) in [5, 5.41) is 22.4. The predicted molar refractivity (Wildman–Crippen MR) is 140 cm³/mol. The molecule has 0 unspecified atom stereocenters. The van der Waals surface area contributed by atoms with Crippen LogP contribution < -0.4 is 10.5 Å². The van der Waals surface area contributed by atoms with E-state index in [2.05, 4.69) is 0 Å². The van der Waals surface area contributed by atoms with Gasteiger partial charge in [-0.3, -0.25) is 4.79 Å². The summed E-state index contributed by atoms with van der Waals surface area (Å²) in [5.74, 6) is 0.929. The highest BCUT2D eigenvalue weighted by atomic mass is 16.5. The zero-order valence-electron chi connectivity index (χ0n) is 21.8. The van der Waals surface area contributed by atoms with Crippen LogP contribution in [-0.4, -0.2) is 72.7 Å². The Bertz CT molecular complexity index is 1040. The smallest absolute Gasteiger partial charge is 0.226 e. The van der Waals surface area contributed by atoms with Gasteiger partial charge in [0.1, 0.15) is 23.2 Å². The Hall–Kier alpha value is -2.49. The van der Waals surface area contributed by atoms with Crippen LogP contribution in [0.3, 0.4) is 0 Å². The molecule has 37 heavy (non-hydrogen) atoms. The number of ether oxygens (including phenoxy) is 3. The molecule has 1 saturated carbocycles. The van der Waals surface area contributed by atoms with Crippen molar-refractivity contribution in [1.29, 1.82) is 0 Å². The van der Waals surface area contributed by atoms with Crippen LogP contribution in [0.15, 0.2) is 48.5 Å². The Morgan fingerprint density at radius 1 is 1.14 bits per heavy atom. The molecule has 1 saturated heterocycles. The number of aliphatic hydroxyl groups is 2. The van der Waals surface area contributed by atoms with Gasteiger partial charge in [-0.2, -0.15) is 0 Å². The first-order chi connectivity index (χ1) is 17.8. The summed E-state index contributed by atoms with van der Waals surface area (Å²) in [6, 6.07) is 14.9. The Kier molecular flexibility index (Phi) is 9.21. The predicted octanol–water partition coefficient (Wildman–Crippen LogP) is 3.12. The molecule has 8 heteroatoms. The minimum absolute atomic E-state index is 0.0357. The zero-order chi connectivity index (χ0) is 26.4. The van der Waals surface area contributed by atoms with Gasteiger partial charge in [0.05, 0.1) is 19.3 Å². The van der Waals surface area contributed by atoms with Gasteiger partial charge in [0.2, 0.25) is 5.91 Å². The molecule has 0 radical (unpaired) electrons. The highest BCUT2D eigenvalue weighted by molar-refractivity contribution is 5.79. The molecule has 1 heterocycles. The van der Waals surface area contributed by atoms with Crippen molar-refractivity contribution >= 4 is 5.91 Å². The van der Waals surface area contributed by atoms with Crippen molar-refractivity contribution in [3.8, 4) is 11.5 Å². The molecular formula is C29H40N2O6. The highest BCUT2D eigenvalue weighted by Gasteiger charge is 2.45. The SMILES string of the molecule is COCCCC[C@@](O)(c1ccccc1Oc1ccccc1C)[C@H]1CN(C(=O)[C@H]2C[C@@H](N)[C@@H](O)C2)CCO1. The molecule has 2 aromatic rings. The first kappa shape index (κ1) is 27.5. The van der Waals surface area contributed by atoms with Gasteiger partial charge in [0.25, 0.3) is 0 Å². The minimum atomic E-state index is -1.39. The molecular weight excluding hydrogens is 472 g/mol. The van der Waals surface area contributed by atoms with Crippen LogP contribution in [0.25, 0.3) is 0 Å². The highest BCUT2D eigenvalue weighted by Crippen LogP contribution is 2.41. The van der Waals surface area contributed by atoms with Crippen LogP contribution >= 0.6 is 0 Å². The second-order valence-electron chi connectivity index (χ2n) is 10.3. The molecule has 202 valence electrons. The third-order valence-corrected chi connectivity index (χ3v) is 7.66. The summed E-state index contributed by atoms with van der Waals surface area (Å²) in [5.41, 5.74) is 6.20. The summed E-state index contributed by atoms with van der Waals surface area (Å²) < 4.78 is 17.7. The standard InChI is InChI=1S/C29H40N2O6/c1-20-9-3-5-11-25(20)37-26-12-6-4-10-22(26)29(34,13-7-8-15-35-2)27-19-31(14-16-36-27)28(33)21-17-23(30)24(32)18-21/h3-6,9-12,21,23-24,27,32,34H,7-8,13-19,30H2,1-2H3/t21-,23+,24-,27+,29+/m0/s1. The number of carbonyl (C=O) groups excluding carboxylic acids is 1. The summed E-state index contributed by atoms with van der Waals surface area (Å²) in [7, 11) is 1.66. The van der Waals surface area contributed by atoms with Crippen LogP contribution in [0.1, 0.15) is 43.2 Å². The zero-order valence-corrected chi connectivity index (χ0v) is 21.8. The number of aryl methyl sites for hydroxylation is 1. The maximum Gasteiger partial charge on any atom is 0.226 e. The van der Waals surface area contributed by atoms with Gasteiger partial charge in [-0.25, -0.2) is 0 Å². The first-order valence-corrected chi connectivity index (χ1v) is 13.2. The molecule has 5 atom stereocenters. The fraction of sp³-hybridized carbons (Fsp3) is 0.552. The number of benzene rings is 2. The van der Waals surface area contributed by atoms with Gasteiger partial charge in [-0.1, -0.05) is 36.4 Å². The van der Waals surface area contributed by atoms with Crippen LogP contribution in [0.4, 0.5) is 0 Å². The molecule has 4 rings (SSSR count). The Morgan fingerprint density at radius 3 is 2.57 bits per heavy atom. The maximum atomic E-state index is 13.3. The van der Waals surface area contributed by atoms with Crippen molar-refractivity contribution in [3.05, 3.63) is 59.7 Å². The molecule has 2 aliphatic rings. The average Bonchev–Trinajstić information content (AvgIpc) is 3.25. The normalized spacial score (nSPS) is 25.6. The van der Waals surface area contributed by atoms with Crippen molar-refractivity contribution in [3.63, 3.8) is 0 Å². The van der Waals surface area contributed by atoms with Gasteiger partial charge < -0.3 is 35.1 Å². The molecule has 2 fully saturated rings. The van der Waals surface area contributed by atoms with Gasteiger partial charge in [-0.15, -0.1) is 0 Å². The number of nitrogens with two attached hydrogens (primary N) is 1. The summed E-state index contributed by atoms with van der Waals surface area (Å²) in [6.45, 7) is 3.59. The average molecular weight is 513 g/mol. The van der Waals surface area contributed by atoms with Crippen molar-refractivity contribution in [1.82, 2.24) is 4.90 Å². The Morgan fingerprint density at radius 2 is 1.86 bits per heavy atom. The van der Waals surface area contributed by atoms with E-state index in [1.165, 1.54) is 0 Å². The maximum absolute atomic E-state index is 13.3. The van der Waals surface area contributed by atoms with E-state index in [1.54, 1.807) is 12.0 Å². The lowest BCUT2D eigenvalue weighted by molar-refractivity contribution is -0.168. The number of amides is 1. The number of rotatable bonds is 10. The molecule has 2 aromatic carbocycles. The lowest BCUT2D eigenvalue weighted by Gasteiger charge is -2.43. The topological polar surface area (TPSA) is 114 Å². The van der Waals surface area contributed by atoms with Crippen molar-refractivity contribution in [2.45, 2.75) is 62.9 Å². The minimum Gasteiger partial charge on any atom is -0.457 e. The van der Waals surface area contributed by atoms with E-state index >= 15 is 0 Å². The lowest BCUT2D eigenvalue weighted by atomic mass is 9.82. The van der Waals surface area contributed by atoms with Crippen molar-refractivity contribution in [2.75, 3.05) is 33.4 Å². The molecule has 8 nitrogen and oxygen atoms in total. The van der Waals surface area contributed by atoms with Crippen molar-refractivity contribution in [2.24, 2.45) is 11.7 Å². The number of hydrogen-bond acceptors (Lipinski definition) is 7. The fourth-order valence-corrected chi connectivity index (χ4v) is 5.46. The third kappa shape index (κ3) is 6.33. The Balaban J connectivity index is 1.61. The number of unbranched alkanes of at least 4 members (excludes halogenated alkanes) is 1. The van der Waals surface area contributed by atoms with E-state index in [-0.39, 0.29) is 24.4 Å². The van der Waals surface area contributed by atoms with Crippen LogP contribution in [0.2, 0.25) is 0 Å². The number of hydrogen-bond donors (Lipinski definition) is 3. The number of para-hydroxylation sites is 2. The molecule has 0 aromatic heterocycles. The molecule has 0 spiro atoms. The van der Waals surface area contributed by atoms with E-state index in [1.807, 2.05) is 55.5 Å². The summed E-state index contributed by atoms with van der Waals surface area (Å²) in [6.07, 6.45) is 1.45. The molecule has 1 aliphatic carbocycles. The number of nitrogens with zero attached hydrogens (tertiary/aromatic N) is 1. The Labute approximate surface area is 219 Å². The van der Waals surface area contributed by atoms with Crippen LogP contribution in [0.5, 0.6) is 11.5 Å². The number of aliphatic hydroxyl groups excluding tert-OH is 1. The van der Waals surface area contributed by atoms with Gasteiger partial charge in [-0.05, 0) is 56.7 Å². The van der Waals surface area contributed by atoms with E-state index in [0.29, 0.717) is 62.5 Å². The summed E-state index contributed by atoms with van der Waals surface area (Å²) in [4.78, 5) is 15.1. The second kappa shape index (κ2) is 12.4. The number of methoxy groups -OCH3 is 1. The van der Waals surface area contributed by atoms with Gasteiger partial charge in [0.15, 0.2) is 0 Å². The lowest BCUT2D eigenvalue weighted by Crippen LogP contribution is -2.55. The molecule has 1 aliphatic heterocycles. The van der Waals surface area contributed by atoms with Crippen molar-refractivity contribution < 1.29 is 29.2 Å². The van der Waals surface area contributed by atoms with Crippen LogP contribution in [-0.2, 0) is 19.9 Å². The van der Waals surface area contributed by atoms with Gasteiger partial charge in [0, 0.05) is 37.8 Å². The summed E-state index contributed by atoms with van der Waals surface area (Å²) >= 11 is 0. The first-order valence-electron chi connectivity index (χ1n) is 13.2. The van der Waals surface area contributed by atoms with E-state index in [9.17, 15) is 15.0 Å². The largest absolute Gasteiger partial charge is 0.457 e. The van der Waals surface area contributed by atoms with E-state index in [4.69, 9.17) is 19.9 Å². The number of morpholine rings is 1. The quantitative estimate of drug-likeness (QED) is 0.419. The molecule has 1 amide bonds. The monoisotopic (exact) mass is 512 g/mol. The second-order valence-corrected chi connectivity index (χ2v) is 10.3. The molecule has 4 N–H and O–H groups in total. The van der Waals surface area contributed by atoms with Crippen LogP contribution in [0, 0.1) is 12.8 Å². The van der Waals surface area contributed by atoms with E-state index < -0.39 is 17.8 Å².